The first kappa shape index (κ1) is 11.6. The first-order valence-electron chi connectivity index (χ1n) is 4.88. The average Bonchev–Trinajstić information content (AvgIpc) is 2.36. The van der Waals surface area contributed by atoms with Crippen molar-refractivity contribution in [3.05, 3.63) is 52.3 Å². The quantitative estimate of drug-likeness (QED) is 0.814. The zero-order valence-electron chi connectivity index (χ0n) is 8.74. The number of nitrogens with zero attached hydrogens (tertiary/aromatic N) is 1. The molecule has 0 saturated heterocycles. The van der Waals surface area contributed by atoms with Crippen molar-refractivity contribution >= 4 is 21.6 Å². The molecule has 2 N–H and O–H groups in total. The zero-order valence-corrected chi connectivity index (χ0v) is 10.3. The largest absolute Gasteiger partial charge is 0.395 e. The van der Waals surface area contributed by atoms with Crippen LogP contribution in [-0.4, -0.2) is 0 Å². The summed E-state index contributed by atoms with van der Waals surface area (Å²) < 4.78 is 13.7. The molecule has 2 aromatic rings. The predicted molar refractivity (Wildman–Crippen MR) is 68.7 cm³/mol. The van der Waals surface area contributed by atoms with Gasteiger partial charge in [0.05, 0.1) is 21.8 Å². The molecule has 0 spiro atoms. The van der Waals surface area contributed by atoms with Crippen molar-refractivity contribution in [1.82, 2.24) is 0 Å². The molecule has 17 heavy (non-hydrogen) atoms. The van der Waals surface area contributed by atoms with Crippen LogP contribution in [0.25, 0.3) is 11.1 Å². The molecule has 0 fully saturated rings. The fraction of sp³-hybridized carbons (Fsp3) is 0. The van der Waals surface area contributed by atoms with Crippen molar-refractivity contribution in [1.29, 1.82) is 5.26 Å². The maximum Gasteiger partial charge on any atom is 0.147 e. The van der Waals surface area contributed by atoms with Crippen LogP contribution in [0.3, 0.4) is 0 Å². The molecule has 0 bridgehead atoms. The minimum atomic E-state index is -0.477. The molecule has 4 heteroatoms. The van der Waals surface area contributed by atoms with Gasteiger partial charge < -0.3 is 5.73 Å². The molecule has 0 heterocycles. The van der Waals surface area contributed by atoms with Gasteiger partial charge in [-0.1, -0.05) is 24.3 Å². The number of anilines is 1. The Balaban J connectivity index is 2.70. The molecule has 84 valence electrons. The van der Waals surface area contributed by atoms with Gasteiger partial charge in [-0.15, -0.1) is 0 Å². The van der Waals surface area contributed by atoms with E-state index in [1.54, 1.807) is 24.3 Å². The number of nitriles is 1. The second-order valence-corrected chi connectivity index (χ2v) is 4.27. The minimum absolute atomic E-state index is 0.0512. The van der Waals surface area contributed by atoms with Crippen LogP contribution in [-0.2, 0) is 0 Å². The van der Waals surface area contributed by atoms with E-state index in [-0.39, 0.29) is 5.69 Å². The van der Waals surface area contributed by atoms with Crippen LogP contribution in [0.2, 0.25) is 0 Å². The van der Waals surface area contributed by atoms with Crippen LogP contribution in [0.5, 0.6) is 0 Å². The van der Waals surface area contributed by atoms with Gasteiger partial charge in [-0.3, -0.25) is 0 Å². The summed E-state index contributed by atoms with van der Waals surface area (Å²) in [5.74, 6) is -0.477. The van der Waals surface area contributed by atoms with Crippen LogP contribution in [0.4, 0.5) is 10.1 Å². The van der Waals surface area contributed by atoms with Gasteiger partial charge in [0.2, 0.25) is 0 Å². The summed E-state index contributed by atoms with van der Waals surface area (Å²) >= 11 is 3.26. The zero-order chi connectivity index (χ0) is 12.4. The highest BCUT2D eigenvalue weighted by Crippen LogP contribution is 2.35. The van der Waals surface area contributed by atoms with Gasteiger partial charge in [0.1, 0.15) is 5.82 Å². The van der Waals surface area contributed by atoms with E-state index in [1.807, 2.05) is 6.07 Å². The Morgan fingerprint density at radius 3 is 2.53 bits per heavy atom. The Bertz CT molecular complexity index is 617. The molecule has 0 aliphatic rings. The van der Waals surface area contributed by atoms with E-state index < -0.39 is 5.82 Å². The standard InChI is InChI=1S/C13H8BrFN2/c14-12-10(5-6-11(15)13(12)17)9-4-2-1-3-8(9)7-16/h1-6H,17H2. The maximum atomic E-state index is 13.2. The van der Waals surface area contributed by atoms with Crippen molar-refractivity contribution in [2.45, 2.75) is 0 Å². The fourth-order valence-corrected chi connectivity index (χ4v) is 2.13. The molecule has 2 rings (SSSR count). The van der Waals surface area contributed by atoms with E-state index in [1.165, 1.54) is 6.07 Å². The summed E-state index contributed by atoms with van der Waals surface area (Å²) in [6.07, 6.45) is 0. The van der Waals surface area contributed by atoms with Crippen LogP contribution >= 0.6 is 15.9 Å². The molecule has 0 aromatic heterocycles. The summed E-state index contributed by atoms with van der Waals surface area (Å²) in [7, 11) is 0. The Morgan fingerprint density at radius 1 is 1.12 bits per heavy atom. The summed E-state index contributed by atoms with van der Waals surface area (Å²) in [6.45, 7) is 0. The summed E-state index contributed by atoms with van der Waals surface area (Å²) in [5.41, 5.74) is 7.62. The normalized spacial score (nSPS) is 9.94. The lowest BCUT2D eigenvalue weighted by molar-refractivity contribution is 0.632. The molecule has 0 saturated carbocycles. The third kappa shape index (κ3) is 2.02. The first-order valence-corrected chi connectivity index (χ1v) is 5.67. The van der Waals surface area contributed by atoms with Crippen molar-refractivity contribution in [3.8, 4) is 17.2 Å². The highest BCUT2D eigenvalue weighted by molar-refractivity contribution is 9.10. The number of nitrogen functional groups attached to an aromatic ring is 1. The molecule has 0 aliphatic carbocycles. The highest BCUT2D eigenvalue weighted by atomic mass is 79.9. The monoisotopic (exact) mass is 290 g/mol. The topological polar surface area (TPSA) is 49.8 Å². The molecule has 0 amide bonds. The second-order valence-electron chi connectivity index (χ2n) is 3.48. The molecule has 0 radical (unpaired) electrons. The Labute approximate surface area is 107 Å². The third-order valence-electron chi connectivity index (χ3n) is 2.46. The van der Waals surface area contributed by atoms with Gasteiger partial charge in [-0.25, -0.2) is 4.39 Å². The number of rotatable bonds is 1. The SMILES string of the molecule is N#Cc1ccccc1-c1ccc(F)c(N)c1Br. The van der Waals surface area contributed by atoms with Crippen LogP contribution in [0, 0.1) is 17.1 Å². The van der Waals surface area contributed by atoms with Crippen molar-refractivity contribution in [2.75, 3.05) is 5.73 Å². The fourth-order valence-electron chi connectivity index (χ4n) is 1.59. The highest BCUT2D eigenvalue weighted by Gasteiger charge is 2.12. The maximum absolute atomic E-state index is 13.2. The second kappa shape index (κ2) is 4.56. The van der Waals surface area contributed by atoms with Crippen molar-refractivity contribution in [3.63, 3.8) is 0 Å². The summed E-state index contributed by atoms with van der Waals surface area (Å²) in [5, 5.41) is 9.02. The Morgan fingerprint density at radius 2 is 1.82 bits per heavy atom. The lowest BCUT2D eigenvalue weighted by atomic mass is 10.00. The first-order chi connectivity index (χ1) is 8.15. The number of benzene rings is 2. The molecule has 0 unspecified atom stereocenters. The molecule has 2 nitrogen and oxygen atoms in total. The van der Waals surface area contributed by atoms with Crippen LogP contribution in [0.1, 0.15) is 5.56 Å². The van der Waals surface area contributed by atoms with Crippen molar-refractivity contribution < 1.29 is 4.39 Å². The van der Waals surface area contributed by atoms with E-state index in [2.05, 4.69) is 22.0 Å². The van der Waals surface area contributed by atoms with Crippen molar-refractivity contribution in [2.24, 2.45) is 0 Å². The Kier molecular flexibility index (Phi) is 3.12. The van der Waals surface area contributed by atoms with Gasteiger partial charge >= 0.3 is 0 Å². The summed E-state index contributed by atoms with van der Waals surface area (Å²) in [4.78, 5) is 0. The average molecular weight is 291 g/mol. The number of halogens is 2. The van der Waals surface area contributed by atoms with Gasteiger partial charge in [0, 0.05) is 5.56 Å². The van der Waals surface area contributed by atoms with E-state index in [9.17, 15) is 4.39 Å². The van der Waals surface area contributed by atoms with Crippen LogP contribution in [0.15, 0.2) is 40.9 Å². The number of hydrogen-bond acceptors (Lipinski definition) is 2. The van der Waals surface area contributed by atoms with Gasteiger partial charge in [-0.2, -0.15) is 5.26 Å². The smallest absolute Gasteiger partial charge is 0.147 e. The molecular weight excluding hydrogens is 283 g/mol. The molecule has 2 aromatic carbocycles. The Hall–Kier alpha value is -1.86. The van der Waals surface area contributed by atoms with Gasteiger partial charge in [0.25, 0.3) is 0 Å². The number of nitrogens with two attached hydrogens (primary N) is 1. The predicted octanol–water partition coefficient (Wildman–Crippen LogP) is 3.71. The lowest BCUT2D eigenvalue weighted by Gasteiger charge is -2.09. The van der Waals surface area contributed by atoms with Gasteiger partial charge in [0.15, 0.2) is 0 Å². The van der Waals surface area contributed by atoms with E-state index in [0.29, 0.717) is 15.6 Å². The van der Waals surface area contributed by atoms with E-state index in [4.69, 9.17) is 11.0 Å². The van der Waals surface area contributed by atoms with E-state index in [0.717, 1.165) is 5.56 Å². The van der Waals surface area contributed by atoms with Crippen LogP contribution < -0.4 is 5.73 Å². The molecule has 0 aliphatic heterocycles. The number of hydrogen-bond donors (Lipinski definition) is 1. The third-order valence-corrected chi connectivity index (χ3v) is 3.32. The molecular formula is C13H8BrFN2. The van der Waals surface area contributed by atoms with E-state index >= 15 is 0 Å². The minimum Gasteiger partial charge on any atom is -0.395 e. The lowest BCUT2D eigenvalue weighted by Crippen LogP contribution is -1.95. The van der Waals surface area contributed by atoms with Gasteiger partial charge in [-0.05, 0) is 33.6 Å². The molecule has 0 atom stereocenters. The summed E-state index contributed by atoms with van der Waals surface area (Å²) in [6, 6.07) is 12.1.